The maximum absolute atomic E-state index is 13.6. The lowest BCUT2D eigenvalue weighted by Gasteiger charge is -2.35. The van der Waals surface area contributed by atoms with Crippen molar-refractivity contribution in [2.75, 3.05) is 23.3 Å². The molecule has 3 aromatic carbocycles. The molecule has 1 atom stereocenters. The molecule has 194 valence electrons. The lowest BCUT2D eigenvalue weighted by Crippen LogP contribution is -2.48. The number of nitrogens with one attached hydrogen (secondary N) is 1. The van der Waals surface area contributed by atoms with Crippen LogP contribution in [0.3, 0.4) is 0 Å². The minimum Gasteiger partial charge on any atom is -0.497 e. The maximum Gasteiger partial charge on any atom is 0.267 e. The van der Waals surface area contributed by atoms with Crippen LogP contribution in [0.1, 0.15) is 16.7 Å². The van der Waals surface area contributed by atoms with Crippen LogP contribution in [0, 0.1) is 6.92 Å². The molecule has 2 heterocycles. The van der Waals surface area contributed by atoms with Crippen LogP contribution >= 0.6 is 0 Å². The quantitative estimate of drug-likeness (QED) is 0.376. The van der Waals surface area contributed by atoms with Crippen molar-refractivity contribution in [3.05, 3.63) is 108 Å². The average molecular weight is 530 g/mol. The van der Waals surface area contributed by atoms with Gasteiger partial charge in [0.25, 0.3) is 15.9 Å². The number of amides is 1. The summed E-state index contributed by atoms with van der Waals surface area (Å²) < 4.78 is 39.7. The monoisotopic (exact) mass is 529 g/mol. The molecule has 5 rings (SSSR count). The fraction of sp³-hybridized carbons (Fsp3) is 0.172. The number of aromatic nitrogens is 1. The Balaban J connectivity index is 1.36. The van der Waals surface area contributed by atoms with E-state index in [2.05, 4.69) is 10.3 Å². The second kappa shape index (κ2) is 10.5. The van der Waals surface area contributed by atoms with E-state index in [1.165, 1.54) is 23.5 Å². The summed E-state index contributed by atoms with van der Waals surface area (Å²) in [6.45, 7) is 1.71. The van der Waals surface area contributed by atoms with Gasteiger partial charge in [0, 0.05) is 18.1 Å². The molecular formula is C29H27N3O5S. The number of hydrogen-bond donors (Lipinski definition) is 1. The molecule has 0 aliphatic carbocycles. The number of carbonyl (C=O) groups excluding carboxylic acids is 1. The van der Waals surface area contributed by atoms with E-state index < -0.39 is 22.0 Å². The highest BCUT2D eigenvalue weighted by Crippen LogP contribution is 2.38. The van der Waals surface area contributed by atoms with E-state index in [1.807, 2.05) is 49.4 Å². The molecule has 1 aliphatic heterocycles. The van der Waals surface area contributed by atoms with E-state index in [4.69, 9.17) is 9.47 Å². The second-order valence-corrected chi connectivity index (χ2v) is 10.9. The van der Waals surface area contributed by atoms with E-state index in [0.717, 1.165) is 23.1 Å². The summed E-state index contributed by atoms with van der Waals surface area (Å²) in [4.78, 5) is 17.4. The molecule has 8 nitrogen and oxygen atoms in total. The van der Waals surface area contributed by atoms with Crippen molar-refractivity contribution in [3.8, 4) is 11.5 Å². The van der Waals surface area contributed by atoms with Gasteiger partial charge in [-0.25, -0.2) is 8.42 Å². The molecule has 0 spiro atoms. The van der Waals surface area contributed by atoms with Gasteiger partial charge < -0.3 is 14.8 Å². The normalized spacial score (nSPS) is 14.8. The number of rotatable bonds is 7. The smallest absolute Gasteiger partial charge is 0.267 e. The van der Waals surface area contributed by atoms with Crippen molar-refractivity contribution < 1.29 is 22.7 Å². The third-order valence-corrected chi connectivity index (χ3v) is 8.10. The fourth-order valence-corrected chi connectivity index (χ4v) is 5.74. The number of methoxy groups -OCH3 is 1. The standard InChI is InChI=1S/C29H27N3O5S/c1-20-3-12-26-27(17-20)37-28(19-32(26)38(34,35)25-10-8-24(36-2)9-11-25)29(33)31-23-6-4-21(5-7-23)18-22-13-15-30-16-14-22/h3-17,28H,18-19H2,1-2H3,(H,31,33)/t28-/m0/s1. The number of sulfonamides is 1. The highest BCUT2D eigenvalue weighted by atomic mass is 32.2. The predicted octanol–water partition coefficient (Wildman–Crippen LogP) is 4.58. The van der Waals surface area contributed by atoms with Crippen molar-refractivity contribution in [3.63, 3.8) is 0 Å². The molecule has 1 aromatic heterocycles. The fourth-order valence-electron chi connectivity index (χ4n) is 4.27. The minimum atomic E-state index is -3.97. The third-order valence-electron chi connectivity index (χ3n) is 6.30. The topological polar surface area (TPSA) is 97.8 Å². The van der Waals surface area contributed by atoms with Crippen LogP contribution in [0.15, 0.2) is 96.2 Å². The number of benzene rings is 3. The van der Waals surface area contributed by atoms with Gasteiger partial charge in [-0.2, -0.15) is 0 Å². The molecule has 1 N–H and O–H groups in total. The van der Waals surface area contributed by atoms with Gasteiger partial charge in [-0.05, 0) is 90.7 Å². The minimum absolute atomic E-state index is 0.0932. The van der Waals surface area contributed by atoms with Gasteiger partial charge in [0.1, 0.15) is 11.5 Å². The van der Waals surface area contributed by atoms with E-state index in [-0.39, 0.29) is 11.4 Å². The molecule has 0 saturated carbocycles. The first-order valence-corrected chi connectivity index (χ1v) is 13.5. The summed E-state index contributed by atoms with van der Waals surface area (Å²) in [6, 6.07) is 22.8. The molecule has 1 amide bonds. The first-order valence-electron chi connectivity index (χ1n) is 12.1. The summed E-state index contributed by atoms with van der Waals surface area (Å²) >= 11 is 0. The molecule has 4 aromatic rings. The van der Waals surface area contributed by atoms with Crippen LogP contribution in [-0.4, -0.2) is 39.1 Å². The van der Waals surface area contributed by atoms with Crippen LogP contribution in [0.4, 0.5) is 11.4 Å². The van der Waals surface area contributed by atoms with E-state index >= 15 is 0 Å². The van der Waals surface area contributed by atoms with Crippen molar-refractivity contribution in [1.82, 2.24) is 4.98 Å². The highest BCUT2D eigenvalue weighted by Gasteiger charge is 2.37. The molecule has 0 saturated heterocycles. The highest BCUT2D eigenvalue weighted by molar-refractivity contribution is 7.92. The van der Waals surface area contributed by atoms with Crippen LogP contribution in [-0.2, 0) is 21.2 Å². The number of pyridine rings is 1. The Morgan fingerprint density at radius 1 is 1.00 bits per heavy atom. The summed E-state index contributed by atoms with van der Waals surface area (Å²) in [6.07, 6.45) is 3.21. The summed E-state index contributed by atoms with van der Waals surface area (Å²) in [5.74, 6) is 0.446. The molecule has 0 bridgehead atoms. The second-order valence-electron chi connectivity index (χ2n) is 9.01. The number of hydrogen-bond acceptors (Lipinski definition) is 6. The van der Waals surface area contributed by atoms with E-state index in [0.29, 0.717) is 22.9 Å². The molecule has 0 unspecified atom stereocenters. The SMILES string of the molecule is COc1ccc(S(=O)(=O)N2C[C@@H](C(=O)Nc3ccc(Cc4ccncc4)cc3)Oc3cc(C)ccc32)cc1. The van der Waals surface area contributed by atoms with Gasteiger partial charge in [-0.3, -0.25) is 14.1 Å². The van der Waals surface area contributed by atoms with Crippen LogP contribution in [0.5, 0.6) is 11.5 Å². The average Bonchev–Trinajstić information content (AvgIpc) is 2.94. The maximum atomic E-state index is 13.6. The number of carbonyl (C=O) groups is 1. The molecule has 1 aliphatic rings. The van der Waals surface area contributed by atoms with Crippen molar-refractivity contribution >= 4 is 27.3 Å². The number of aryl methyl sites for hydroxylation is 1. The molecule has 9 heteroatoms. The first-order chi connectivity index (χ1) is 18.3. The zero-order valence-corrected chi connectivity index (χ0v) is 21.8. The van der Waals surface area contributed by atoms with Gasteiger partial charge in [-0.1, -0.05) is 18.2 Å². The predicted molar refractivity (Wildman–Crippen MR) is 145 cm³/mol. The lowest BCUT2D eigenvalue weighted by molar-refractivity contribution is -0.122. The van der Waals surface area contributed by atoms with Crippen LogP contribution in [0.2, 0.25) is 0 Å². The van der Waals surface area contributed by atoms with Gasteiger partial charge in [0.15, 0.2) is 6.10 Å². The van der Waals surface area contributed by atoms with Crippen molar-refractivity contribution in [2.24, 2.45) is 0 Å². The van der Waals surface area contributed by atoms with Crippen molar-refractivity contribution in [1.29, 1.82) is 0 Å². The number of fused-ring (bicyclic) bond motifs is 1. The summed E-state index contributed by atoms with van der Waals surface area (Å²) in [5, 5.41) is 2.86. The largest absolute Gasteiger partial charge is 0.497 e. The van der Waals surface area contributed by atoms with Crippen LogP contribution in [0.25, 0.3) is 0 Å². The van der Waals surface area contributed by atoms with E-state index in [1.54, 1.807) is 36.7 Å². The Hall–Kier alpha value is -4.37. The molecular weight excluding hydrogens is 502 g/mol. The molecule has 0 fully saturated rings. The van der Waals surface area contributed by atoms with Gasteiger partial charge in [-0.15, -0.1) is 0 Å². The third kappa shape index (κ3) is 5.33. The zero-order chi connectivity index (χ0) is 26.7. The van der Waals surface area contributed by atoms with Gasteiger partial charge in [0.2, 0.25) is 0 Å². The van der Waals surface area contributed by atoms with Crippen LogP contribution < -0.4 is 19.1 Å². The number of ether oxygens (including phenoxy) is 2. The Labute approximate surface area is 221 Å². The Bertz CT molecular complexity index is 1540. The Morgan fingerprint density at radius 2 is 1.68 bits per heavy atom. The first kappa shape index (κ1) is 25.3. The molecule has 38 heavy (non-hydrogen) atoms. The Kier molecular flexibility index (Phi) is 7.02. The van der Waals surface area contributed by atoms with Gasteiger partial charge in [0.05, 0.1) is 24.2 Å². The van der Waals surface area contributed by atoms with Crippen molar-refractivity contribution in [2.45, 2.75) is 24.3 Å². The zero-order valence-electron chi connectivity index (χ0n) is 21.0. The number of nitrogens with zero attached hydrogens (tertiary/aromatic N) is 2. The Morgan fingerprint density at radius 3 is 2.37 bits per heavy atom. The van der Waals surface area contributed by atoms with E-state index in [9.17, 15) is 13.2 Å². The summed E-state index contributed by atoms with van der Waals surface area (Å²) in [7, 11) is -2.46. The lowest BCUT2D eigenvalue weighted by atomic mass is 10.1. The molecule has 0 radical (unpaired) electrons. The number of anilines is 2. The summed E-state index contributed by atoms with van der Waals surface area (Å²) in [5.41, 5.74) is 4.09. The van der Waals surface area contributed by atoms with Gasteiger partial charge >= 0.3 is 0 Å².